The number of hydrogen-bond donors (Lipinski definition) is 4. The number of nitrogens with zero attached hydrogens (tertiary/aromatic N) is 2. The summed E-state index contributed by atoms with van der Waals surface area (Å²) >= 11 is 0. The van der Waals surface area contributed by atoms with Gasteiger partial charge in [-0.05, 0) is 42.3 Å². The molecule has 1 amide bonds. The topological polar surface area (TPSA) is 150 Å². The van der Waals surface area contributed by atoms with Gasteiger partial charge in [-0.25, -0.2) is 5.53 Å². The molecule has 10 heteroatoms. The molecule has 10 nitrogen and oxygen atoms in total. The summed E-state index contributed by atoms with van der Waals surface area (Å²) in [6.45, 7) is 2.37. The van der Waals surface area contributed by atoms with E-state index in [2.05, 4.69) is 27.5 Å². The number of nitrogens with two attached hydrogens (primary N) is 1. The third-order valence-electron chi connectivity index (χ3n) is 6.45. The molecule has 3 aromatic rings. The first-order chi connectivity index (χ1) is 18.4. The molecule has 2 unspecified atom stereocenters. The summed E-state index contributed by atoms with van der Waals surface area (Å²) in [5.41, 5.74) is 15.2. The molecule has 0 bridgehead atoms. The van der Waals surface area contributed by atoms with E-state index in [4.69, 9.17) is 20.7 Å². The Kier molecular flexibility index (Phi) is 8.55. The van der Waals surface area contributed by atoms with E-state index in [-0.39, 0.29) is 41.3 Å². The van der Waals surface area contributed by atoms with E-state index >= 15 is 0 Å². The molecule has 1 aliphatic rings. The van der Waals surface area contributed by atoms with Crippen LogP contribution in [0.15, 0.2) is 71.8 Å². The van der Waals surface area contributed by atoms with Gasteiger partial charge in [-0.2, -0.15) is 5.11 Å². The van der Waals surface area contributed by atoms with Crippen LogP contribution in [0.3, 0.4) is 0 Å². The first-order valence-corrected chi connectivity index (χ1v) is 12.2. The Balaban J connectivity index is 1.33. The first-order valence-electron chi connectivity index (χ1n) is 12.2. The van der Waals surface area contributed by atoms with Gasteiger partial charge in [0.05, 0.1) is 12.8 Å². The van der Waals surface area contributed by atoms with Gasteiger partial charge in [0.15, 0.2) is 18.4 Å². The maximum Gasteiger partial charge on any atom is 0.258 e. The molecule has 5 N–H and O–H groups in total. The number of aromatic hydroxyl groups is 1. The number of ketones is 1. The number of Topliss-reactive ketones (excluding diaryl/α,β-unsaturated/α-hetero) is 1. The van der Waals surface area contributed by atoms with Gasteiger partial charge in [0.25, 0.3) is 5.91 Å². The molecule has 0 aromatic heterocycles. The van der Waals surface area contributed by atoms with Crippen LogP contribution in [0, 0.1) is 5.53 Å². The molecule has 3 aromatic carbocycles. The number of phenols is 1. The number of nitrogens with one attached hydrogen (secondary N) is 2. The zero-order chi connectivity index (χ0) is 27.1. The quantitative estimate of drug-likeness (QED) is 0.131. The number of methoxy groups -OCH3 is 1. The fourth-order valence-corrected chi connectivity index (χ4v) is 4.50. The zero-order valence-corrected chi connectivity index (χ0v) is 21.1. The van der Waals surface area contributed by atoms with E-state index in [1.165, 1.54) is 30.9 Å². The van der Waals surface area contributed by atoms with Gasteiger partial charge in [0, 0.05) is 42.9 Å². The lowest BCUT2D eigenvalue weighted by molar-refractivity contribution is -0.123. The summed E-state index contributed by atoms with van der Waals surface area (Å²) in [5.74, 6) is -0.171. The van der Waals surface area contributed by atoms with Crippen LogP contribution in [0.1, 0.15) is 33.9 Å². The monoisotopic (exact) mass is 517 g/mol. The minimum atomic E-state index is -1.17. The Bertz CT molecular complexity index is 1300. The van der Waals surface area contributed by atoms with Gasteiger partial charge in [-0.3, -0.25) is 14.5 Å². The molecule has 1 fully saturated rings. The highest BCUT2D eigenvalue weighted by atomic mass is 16.5. The molecular weight excluding hydrogens is 486 g/mol. The molecule has 1 aliphatic heterocycles. The molecule has 1 heterocycles. The van der Waals surface area contributed by atoms with Gasteiger partial charge in [0.1, 0.15) is 17.2 Å². The molecule has 38 heavy (non-hydrogen) atoms. The van der Waals surface area contributed by atoms with Crippen molar-refractivity contribution in [3.63, 3.8) is 0 Å². The highest BCUT2D eigenvalue weighted by Crippen LogP contribution is 2.34. The van der Waals surface area contributed by atoms with Gasteiger partial charge < -0.3 is 25.6 Å². The van der Waals surface area contributed by atoms with Crippen LogP contribution in [0.4, 0.5) is 5.69 Å². The Morgan fingerprint density at radius 2 is 1.97 bits per heavy atom. The summed E-state index contributed by atoms with van der Waals surface area (Å²) in [6.07, 6.45) is 0.875. The zero-order valence-electron chi connectivity index (χ0n) is 21.1. The van der Waals surface area contributed by atoms with Crippen LogP contribution in [-0.2, 0) is 11.3 Å². The van der Waals surface area contributed by atoms with Crippen molar-refractivity contribution in [3.05, 3.63) is 83.4 Å². The van der Waals surface area contributed by atoms with Crippen LogP contribution in [0.5, 0.6) is 17.2 Å². The highest BCUT2D eigenvalue weighted by Gasteiger charge is 2.26. The second kappa shape index (κ2) is 12.2. The summed E-state index contributed by atoms with van der Waals surface area (Å²) in [4.78, 5) is 27.8. The number of amides is 1. The second-order valence-electron chi connectivity index (χ2n) is 9.14. The molecule has 1 saturated heterocycles. The van der Waals surface area contributed by atoms with Gasteiger partial charge in [0.2, 0.25) is 0 Å². The lowest BCUT2D eigenvalue weighted by Crippen LogP contribution is -2.39. The maximum atomic E-state index is 13.0. The number of phenolic OH excluding ortho intramolecular Hbond substituents is 1. The van der Waals surface area contributed by atoms with Crippen molar-refractivity contribution in [2.24, 2.45) is 5.11 Å². The third-order valence-corrected chi connectivity index (χ3v) is 6.45. The Morgan fingerprint density at radius 1 is 1.18 bits per heavy atom. The number of rotatable bonds is 11. The van der Waals surface area contributed by atoms with Crippen molar-refractivity contribution in [1.29, 1.82) is 5.53 Å². The molecular formula is C28H31N5O5. The number of nitrogen functional groups attached to an aromatic ring is 1. The Hall–Kier alpha value is -4.44. The lowest BCUT2D eigenvalue weighted by Gasteiger charge is -2.17. The minimum Gasteiger partial charge on any atom is -0.506 e. The van der Waals surface area contributed by atoms with E-state index in [1.807, 2.05) is 18.2 Å². The number of carbonyl (C=O) groups is 2. The van der Waals surface area contributed by atoms with Crippen LogP contribution in [-0.4, -0.2) is 54.5 Å². The Labute approximate surface area is 220 Å². The lowest BCUT2D eigenvalue weighted by atomic mass is 9.96. The summed E-state index contributed by atoms with van der Waals surface area (Å²) < 4.78 is 11.1. The summed E-state index contributed by atoms with van der Waals surface area (Å²) in [5, 5.41) is 16.1. The number of ether oxygens (including phenoxy) is 2. The minimum absolute atomic E-state index is 0.0510. The molecule has 0 spiro atoms. The normalized spacial score (nSPS) is 16.0. The van der Waals surface area contributed by atoms with E-state index in [0.717, 1.165) is 26.1 Å². The summed E-state index contributed by atoms with van der Waals surface area (Å²) in [6, 6.07) is 17.9. The molecule has 0 aliphatic carbocycles. The smallest absolute Gasteiger partial charge is 0.258 e. The predicted molar refractivity (Wildman–Crippen MR) is 141 cm³/mol. The second-order valence-corrected chi connectivity index (χ2v) is 9.14. The molecule has 4 rings (SSSR count). The molecule has 198 valence electrons. The van der Waals surface area contributed by atoms with E-state index in [0.29, 0.717) is 11.3 Å². The predicted octanol–water partition coefficient (Wildman–Crippen LogP) is 3.71. The van der Waals surface area contributed by atoms with E-state index < -0.39 is 11.8 Å². The number of likely N-dealkylation sites (tertiary alicyclic amines) is 1. The van der Waals surface area contributed by atoms with Gasteiger partial charge in [-0.1, -0.05) is 30.3 Å². The third kappa shape index (κ3) is 6.46. The molecule has 2 atom stereocenters. The maximum absolute atomic E-state index is 13.0. The van der Waals surface area contributed by atoms with Crippen molar-refractivity contribution in [3.8, 4) is 17.2 Å². The van der Waals surface area contributed by atoms with Crippen LogP contribution < -0.4 is 20.5 Å². The standard InChI is InChI=1S/C28H31N5O5/c1-37-25-14-21(8-9-22(25)27(32-30)28(36)19-7-10-24(34)23(29)13-19)38-17-26(35)31-20-11-12-33(16-20)15-18-5-3-2-4-6-18/h2-10,13-14,20,27,30,34H,11-12,15-17,29H2,1H3,(H,31,35). The van der Waals surface area contributed by atoms with Crippen molar-refractivity contribution < 1.29 is 24.2 Å². The van der Waals surface area contributed by atoms with Crippen LogP contribution >= 0.6 is 0 Å². The fraction of sp³-hybridized carbons (Fsp3) is 0.286. The summed E-state index contributed by atoms with van der Waals surface area (Å²) in [7, 11) is 1.43. The average Bonchev–Trinajstić information content (AvgIpc) is 3.36. The molecule has 0 saturated carbocycles. The fourth-order valence-electron chi connectivity index (χ4n) is 4.50. The largest absolute Gasteiger partial charge is 0.506 e. The van der Waals surface area contributed by atoms with Crippen molar-refractivity contribution >= 4 is 17.4 Å². The van der Waals surface area contributed by atoms with Gasteiger partial charge in [-0.15, -0.1) is 0 Å². The van der Waals surface area contributed by atoms with Gasteiger partial charge >= 0.3 is 0 Å². The van der Waals surface area contributed by atoms with Crippen molar-refractivity contribution in [2.45, 2.75) is 25.0 Å². The van der Waals surface area contributed by atoms with Crippen LogP contribution in [0.2, 0.25) is 0 Å². The molecule has 0 radical (unpaired) electrons. The first kappa shape index (κ1) is 26.6. The van der Waals surface area contributed by atoms with Crippen LogP contribution in [0.25, 0.3) is 0 Å². The number of hydrogen-bond acceptors (Lipinski definition) is 9. The highest BCUT2D eigenvalue weighted by molar-refractivity contribution is 6.02. The number of benzene rings is 3. The Morgan fingerprint density at radius 3 is 2.68 bits per heavy atom. The number of carbonyl (C=O) groups excluding carboxylic acids is 2. The number of anilines is 1. The van der Waals surface area contributed by atoms with Crippen molar-refractivity contribution in [1.82, 2.24) is 10.2 Å². The van der Waals surface area contributed by atoms with E-state index in [9.17, 15) is 14.7 Å². The average molecular weight is 518 g/mol. The van der Waals surface area contributed by atoms with E-state index in [1.54, 1.807) is 18.2 Å². The SMILES string of the molecule is COc1cc(OCC(=O)NC2CCN(Cc3ccccc3)C2)ccc1C(N=N)C(=O)c1ccc(O)c(N)c1. The van der Waals surface area contributed by atoms with Crippen molar-refractivity contribution in [2.75, 3.05) is 32.5 Å².